The number of fused-ring (bicyclic) bond motifs is 1. The third-order valence-electron chi connectivity index (χ3n) is 4.54. The highest BCUT2D eigenvalue weighted by atomic mass is 32.2. The van der Waals surface area contributed by atoms with Crippen LogP contribution in [0.15, 0.2) is 58.3 Å². The van der Waals surface area contributed by atoms with Gasteiger partial charge < -0.3 is 18.9 Å². The maximum atomic E-state index is 12.9. The van der Waals surface area contributed by atoms with Crippen LogP contribution in [0.2, 0.25) is 0 Å². The summed E-state index contributed by atoms with van der Waals surface area (Å²) in [6.45, 7) is 1.83. The highest BCUT2D eigenvalue weighted by Crippen LogP contribution is 2.34. The van der Waals surface area contributed by atoms with Gasteiger partial charge in [-0.05, 0) is 31.2 Å². The van der Waals surface area contributed by atoms with E-state index in [1.165, 1.54) is 11.8 Å². The summed E-state index contributed by atoms with van der Waals surface area (Å²) < 4.78 is 16.3. The number of carbonyl (C=O) groups excluding carboxylic acids is 1. The second-order valence-electron chi connectivity index (χ2n) is 6.32. The van der Waals surface area contributed by atoms with Crippen molar-refractivity contribution in [3.8, 4) is 23.0 Å². The van der Waals surface area contributed by atoms with Crippen LogP contribution in [0.1, 0.15) is 17.3 Å². The zero-order valence-electron chi connectivity index (χ0n) is 16.1. The summed E-state index contributed by atoms with van der Waals surface area (Å²) in [6, 6.07) is 13.1. The van der Waals surface area contributed by atoms with Crippen LogP contribution in [0.5, 0.6) is 11.5 Å². The van der Waals surface area contributed by atoms with Gasteiger partial charge in [-0.15, -0.1) is 10.2 Å². The molecule has 0 aliphatic carbocycles. The summed E-state index contributed by atoms with van der Waals surface area (Å²) >= 11 is 1.23. The van der Waals surface area contributed by atoms with Crippen LogP contribution in [0.25, 0.3) is 22.4 Å². The molecule has 4 rings (SSSR count). The molecule has 1 N–H and O–H groups in total. The van der Waals surface area contributed by atoms with Crippen molar-refractivity contribution in [3.63, 3.8) is 0 Å². The fourth-order valence-electron chi connectivity index (χ4n) is 3.04. The molecule has 1 atom stereocenters. The van der Waals surface area contributed by atoms with Crippen LogP contribution in [0, 0.1) is 0 Å². The van der Waals surface area contributed by atoms with Gasteiger partial charge in [0.2, 0.25) is 5.89 Å². The van der Waals surface area contributed by atoms with E-state index >= 15 is 0 Å². The number of ether oxygens (including phenoxy) is 2. The van der Waals surface area contributed by atoms with Crippen molar-refractivity contribution >= 4 is 28.4 Å². The van der Waals surface area contributed by atoms with Crippen molar-refractivity contribution in [2.45, 2.75) is 17.4 Å². The van der Waals surface area contributed by atoms with E-state index < -0.39 is 0 Å². The normalized spacial score (nSPS) is 12.1. The maximum absolute atomic E-state index is 12.9. The largest absolute Gasteiger partial charge is 0.493 e. The first-order valence-electron chi connectivity index (χ1n) is 8.93. The Bertz CT molecular complexity index is 1170. The van der Waals surface area contributed by atoms with Crippen molar-refractivity contribution in [3.05, 3.63) is 54.2 Å². The lowest BCUT2D eigenvalue weighted by Crippen LogP contribution is -2.13. The quantitative estimate of drug-likeness (QED) is 0.352. The van der Waals surface area contributed by atoms with Gasteiger partial charge >= 0.3 is 0 Å². The number of para-hydroxylation sites is 1. The molecular formula is C21H19N3O4S. The van der Waals surface area contributed by atoms with Gasteiger partial charge in [-0.2, -0.15) is 0 Å². The van der Waals surface area contributed by atoms with Gasteiger partial charge in [-0.25, -0.2) is 0 Å². The fraction of sp³-hybridized carbons (Fsp3) is 0.190. The Morgan fingerprint density at radius 1 is 1.10 bits per heavy atom. The van der Waals surface area contributed by atoms with Crippen molar-refractivity contribution in [1.82, 2.24) is 15.2 Å². The molecule has 0 saturated heterocycles. The first-order valence-corrected chi connectivity index (χ1v) is 9.81. The Morgan fingerprint density at radius 2 is 1.90 bits per heavy atom. The van der Waals surface area contributed by atoms with Crippen molar-refractivity contribution < 1.29 is 18.7 Å². The number of carbonyl (C=O) groups is 1. The molecule has 0 amide bonds. The molecule has 0 aliphatic rings. The van der Waals surface area contributed by atoms with E-state index in [9.17, 15) is 4.79 Å². The molecule has 29 heavy (non-hydrogen) atoms. The Balaban J connectivity index is 1.52. The van der Waals surface area contributed by atoms with Gasteiger partial charge in [0, 0.05) is 28.2 Å². The number of nitrogens with zero attached hydrogens (tertiary/aromatic N) is 2. The van der Waals surface area contributed by atoms with Gasteiger partial charge in [0.15, 0.2) is 17.3 Å². The average molecular weight is 409 g/mol. The summed E-state index contributed by atoms with van der Waals surface area (Å²) in [6.07, 6.45) is 1.74. The first-order chi connectivity index (χ1) is 14.1. The van der Waals surface area contributed by atoms with Crippen LogP contribution in [-0.2, 0) is 0 Å². The topological polar surface area (TPSA) is 90.2 Å². The number of H-pyrrole nitrogens is 1. The lowest BCUT2D eigenvalue weighted by molar-refractivity contribution is 0.0995. The molecule has 0 unspecified atom stereocenters. The van der Waals surface area contributed by atoms with Gasteiger partial charge in [0.25, 0.3) is 5.22 Å². The molecule has 2 aromatic heterocycles. The number of hydrogen-bond acceptors (Lipinski definition) is 7. The number of rotatable bonds is 7. The summed E-state index contributed by atoms with van der Waals surface area (Å²) in [5.74, 6) is 1.53. The van der Waals surface area contributed by atoms with E-state index in [1.54, 1.807) is 32.5 Å². The van der Waals surface area contributed by atoms with Crippen LogP contribution in [-0.4, -0.2) is 40.4 Å². The molecule has 148 valence electrons. The second kappa shape index (κ2) is 8.00. The van der Waals surface area contributed by atoms with E-state index in [0.29, 0.717) is 33.7 Å². The monoisotopic (exact) mass is 409 g/mol. The Labute approximate surface area is 171 Å². The van der Waals surface area contributed by atoms with Gasteiger partial charge in [0.1, 0.15) is 0 Å². The molecule has 0 saturated carbocycles. The summed E-state index contributed by atoms with van der Waals surface area (Å²) in [4.78, 5) is 16.0. The first kappa shape index (κ1) is 19.1. The summed E-state index contributed by atoms with van der Waals surface area (Å²) in [7, 11) is 3.14. The van der Waals surface area contributed by atoms with E-state index in [2.05, 4.69) is 15.2 Å². The SMILES string of the molecule is COc1ccc(-c2nnc(S[C@@H](C)C(=O)c3c[nH]c4ccccc34)o2)cc1OC. The number of hydrogen-bond donors (Lipinski definition) is 1. The molecule has 2 heterocycles. The number of methoxy groups -OCH3 is 2. The molecular weight excluding hydrogens is 390 g/mol. The third kappa shape index (κ3) is 3.71. The fourth-order valence-corrected chi connectivity index (χ4v) is 3.79. The van der Waals surface area contributed by atoms with Crippen LogP contribution in [0.4, 0.5) is 0 Å². The van der Waals surface area contributed by atoms with Crippen molar-refractivity contribution in [2.75, 3.05) is 14.2 Å². The molecule has 0 spiro atoms. The smallest absolute Gasteiger partial charge is 0.277 e. The highest BCUT2D eigenvalue weighted by Gasteiger charge is 2.22. The van der Waals surface area contributed by atoms with Gasteiger partial charge in [0.05, 0.1) is 19.5 Å². The minimum atomic E-state index is -0.382. The van der Waals surface area contributed by atoms with E-state index in [1.807, 2.05) is 37.3 Å². The zero-order chi connectivity index (χ0) is 20.4. The molecule has 0 bridgehead atoms. The number of Topliss-reactive ketones (excluding diaryl/α,β-unsaturated/α-hetero) is 1. The Hall–Kier alpha value is -3.26. The van der Waals surface area contributed by atoms with Gasteiger partial charge in [-0.1, -0.05) is 30.0 Å². The van der Waals surface area contributed by atoms with E-state index in [-0.39, 0.29) is 11.0 Å². The summed E-state index contributed by atoms with van der Waals surface area (Å²) in [5.41, 5.74) is 2.29. The molecule has 2 aromatic carbocycles. The Morgan fingerprint density at radius 3 is 2.69 bits per heavy atom. The summed E-state index contributed by atoms with van der Waals surface area (Å²) in [5, 5.41) is 9.01. The standard InChI is InChI=1S/C21H19N3O4S/c1-12(19(25)15-11-22-16-7-5-4-6-14(15)16)29-21-24-23-20(28-21)13-8-9-17(26-2)18(10-13)27-3/h4-12,22H,1-3H3/t12-/m0/s1. The van der Waals surface area contributed by atoms with Crippen LogP contribution in [0.3, 0.4) is 0 Å². The lowest BCUT2D eigenvalue weighted by Gasteiger charge is -2.08. The number of ketones is 1. The Kier molecular flexibility index (Phi) is 5.26. The average Bonchev–Trinajstić information content (AvgIpc) is 3.39. The molecule has 8 heteroatoms. The number of nitrogens with one attached hydrogen (secondary N) is 1. The van der Waals surface area contributed by atoms with E-state index in [4.69, 9.17) is 13.9 Å². The number of benzene rings is 2. The number of thioether (sulfide) groups is 1. The molecule has 0 radical (unpaired) electrons. The third-order valence-corrected chi connectivity index (χ3v) is 5.47. The zero-order valence-corrected chi connectivity index (χ0v) is 16.9. The molecule has 7 nitrogen and oxygen atoms in total. The predicted octanol–water partition coefficient (Wildman–Crippen LogP) is 4.60. The molecule has 4 aromatic rings. The van der Waals surface area contributed by atoms with Crippen molar-refractivity contribution in [1.29, 1.82) is 0 Å². The number of aromatic amines is 1. The molecule has 0 aliphatic heterocycles. The minimum absolute atomic E-state index is 0.00156. The van der Waals surface area contributed by atoms with Gasteiger partial charge in [-0.3, -0.25) is 4.79 Å². The lowest BCUT2D eigenvalue weighted by atomic mass is 10.1. The molecule has 0 fully saturated rings. The van der Waals surface area contributed by atoms with Crippen LogP contribution >= 0.6 is 11.8 Å². The minimum Gasteiger partial charge on any atom is -0.493 e. The maximum Gasteiger partial charge on any atom is 0.277 e. The van der Waals surface area contributed by atoms with Crippen molar-refractivity contribution in [2.24, 2.45) is 0 Å². The van der Waals surface area contributed by atoms with Crippen LogP contribution < -0.4 is 9.47 Å². The highest BCUT2D eigenvalue weighted by molar-refractivity contribution is 8.00. The number of aromatic nitrogens is 3. The second-order valence-corrected chi connectivity index (χ2v) is 7.61. The van der Waals surface area contributed by atoms with E-state index in [0.717, 1.165) is 10.9 Å². The predicted molar refractivity (Wildman–Crippen MR) is 111 cm³/mol.